The number of hydrogen-bond acceptors (Lipinski definition) is 7. The molecule has 34 heavy (non-hydrogen) atoms. The van der Waals surface area contributed by atoms with Gasteiger partial charge in [0.1, 0.15) is 6.33 Å². The van der Waals surface area contributed by atoms with E-state index in [1.165, 1.54) is 0 Å². The number of H-pyrrole nitrogens is 1. The lowest BCUT2D eigenvalue weighted by Gasteiger charge is -2.32. The van der Waals surface area contributed by atoms with Gasteiger partial charge in [0.15, 0.2) is 5.82 Å². The maximum Gasteiger partial charge on any atom is 0.335 e. The first-order chi connectivity index (χ1) is 16.6. The highest BCUT2D eigenvalue weighted by Crippen LogP contribution is 2.35. The molecule has 1 aliphatic rings. The van der Waals surface area contributed by atoms with Crippen LogP contribution in [0.5, 0.6) is 0 Å². The van der Waals surface area contributed by atoms with Crippen molar-refractivity contribution >= 4 is 6.21 Å². The molecule has 0 saturated heterocycles. The monoisotopic (exact) mass is 458 g/mol. The van der Waals surface area contributed by atoms with Crippen molar-refractivity contribution in [1.29, 1.82) is 0 Å². The third-order valence-electron chi connectivity index (χ3n) is 6.29. The van der Waals surface area contributed by atoms with Crippen LogP contribution in [0, 0.1) is 0 Å². The van der Waals surface area contributed by atoms with Gasteiger partial charge in [-0.3, -0.25) is 9.56 Å². The van der Waals surface area contributed by atoms with Gasteiger partial charge >= 0.3 is 5.69 Å². The summed E-state index contributed by atoms with van der Waals surface area (Å²) < 4.78 is 5.20. The van der Waals surface area contributed by atoms with E-state index in [9.17, 15) is 4.79 Å². The predicted molar refractivity (Wildman–Crippen MR) is 127 cm³/mol. The van der Waals surface area contributed by atoms with E-state index in [-0.39, 0.29) is 5.69 Å². The van der Waals surface area contributed by atoms with Gasteiger partial charge in [0.05, 0.1) is 0 Å². The number of unbranched alkanes of at least 4 members (excludes halogenated alkanes) is 1. The Morgan fingerprint density at radius 2 is 2.15 bits per heavy atom. The van der Waals surface area contributed by atoms with Crippen molar-refractivity contribution in [2.24, 2.45) is 12.0 Å². The number of aliphatic imine (C=N–C) groups is 1. The summed E-state index contributed by atoms with van der Waals surface area (Å²) in [6.45, 7) is 2.62. The first-order valence-corrected chi connectivity index (χ1v) is 11.3. The highest BCUT2D eigenvalue weighted by molar-refractivity contribution is 5.65. The van der Waals surface area contributed by atoms with E-state index in [1.54, 1.807) is 15.5 Å². The fraction of sp³-hybridized carbons (Fsp3) is 0.348. The Morgan fingerprint density at radius 1 is 1.24 bits per heavy atom. The van der Waals surface area contributed by atoms with E-state index in [4.69, 9.17) is 0 Å². The van der Waals surface area contributed by atoms with Crippen LogP contribution >= 0.6 is 0 Å². The molecule has 0 amide bonds. The van der Waals surface area contributed by atoms with Gasteiger partial charge in [-0.2, -0.15) is 0 Å². The maximum absolute atomic E-state index is 13.7. The van der Waals surface area contributed by atoms with Crippen molar-refractivity contribution in [3.63, 3.8) is 0 Å². The smallest absolute Gasteiger partial charge is 0.302 e. The number of aryl methyl sites for hydroxylation is 2. The molecule has 0 bridgehead atoms. The van der Waals surface area contributed by atoms with Crippen molar-refractivity contribution in [3.8, 4) is 17.3 Å². The summed E-state index contributed by atoms with van der Waals surface area (Å²) in [5.74, 6) is 1.09. The minimum atomic E-state index is -0.456. The normalized spacial score (nSPS) is 17.5. The lowest BCUT2D eigenvalue weighted by molar-refractivity contribution is 0.438. The molecule has 3 aromatic heterocycles. The summed E-state index contributed by atoms with van der Waals surface area (Å²) in [5.41, 5.74) is 2.33. The molecule has 11 heteroatoms. The van der Waals surface area contributed by atoms with Crippen LogP contribution in [0.1, 0.15) is 37.4 Å². The first-order valence-electron chi connectivity index (χ1n) is 11.3. The molecule has 1 atom stereocenters. The predicted octanol–water partition coefficient (Wildman–Crippen LogP) is 2.22. The second kappa shape index (κ2) is 9.00. The number of nitrogens with zero attached hydrogens (tertiary/aromatic N) is 9. The molecular weight excluding hydrogens is 432 g/mol. The molecule has 11 nitrogen and oxygen atoms in total. The number of nitrogens with one attached hydrogen (secondary N) is 1. The van der Waals surface area contributed by atoms with Crippen LogP contribution in [0.3, 0.4) is 0 Å². The topological polar surface area (TPSA) is 124 Å². The minimum Gasteiger partial charge on any atom is -0.302 e. The molecule has 0 saturated carbocycles. The van der Waals surface area contributed by atoms with Crippen LogP contribution in [0.4, 0.5) is 0 Å². The number of tetrazole rings is 1. The van der Waals surface area contributed by atoms with Gasteiger partial charge in [0, 0.05) is 48.9 Å². The zero-order valence-electron chi connectivity index (χ0n) is 19.2. The van der Waals surface area contributed by atoms with Crippen molar-refractivity contribution < 1.29 is 0 Å². The van der Waals surface area contributed by atoms with Crippen molar-refractivity contribution in [1.82, 2.24) is 44.5 Å². The van der Waals surface area contributed by atoms with E-state index in [1.807, 2.05) is 42.4 Å². The molecule has 1 aromatic carbocycles. The molecule has 0 aliphatic carbocycles. The Kier molecular flexibility index (Phi) is 5.74. The number of aromatic amines is 1. The molecule has 1 aliphatic heterocycles. The lowest BCUT2D eigenvalue weighted by Crippen LogP contribution is -2.37. The molecule has 1 unspecified atom stereocenters. The molecule has 4 aromatic rings. The Morgan fingerprint density at radius 3 is 2.85 bits per heavy atom. The largest absolute Gasteiger partial charge is 0.335 e. The number of allylic oxidation sites excluding steroid dienone is 1. The Balaban J connectivity index is 1.61. The third-order valence-corrected chi connectivity index (χ3v) is 6.29. The molecule has 0 radical (unpaired) electrons. The number of imidazole rings is 1. The van der Waals surface area contributed by atoms with Gasteiger partial charge in [0.2, 0.25) is 5.95 Å². The molecule has 174 valence electrons. The summed E-state index contributed by atoms with van der Waals surface area (Å²) in [6.07, 6.45) is 12.8. The van der Waals surface area contributed by atoms with Crippen molar-refractivity contribution in [3.05, 3.63) is 70.8 Å². The Hall–Kier alpha value is -4.15. The molecular formula is C23H26N10O. The lowest BCUT2D eigenvalue weighted by atomic mass is 9.76. The standard InChI is InChI=1S/C23H26N10O/c1-3-4-8-19-14-32(21-28-25-16-31(21)2)22(34)33(19)15-23(9-11-24-12-10-23)18-7-5-6-17(13-18)20-26-29-30-27-20/h5-7,9,11-14,16H,3-4,8,10,15H2,1-2H3,(H,26,27,29,30). The second-order valence-electron chi connectivity index (χ2n) is 8.54. The maximum atomic E-state index is 13.7. The second-order valence-corrected chi connectivity index (χ2v) is 8.54. The summed E-state index contributed by atoms with van der Waals surface area (Å²) in [5, 5.41) is 22.4. The van der Waals surface area contributed by atoms with Crippen LogP contribution in [0.15, 0.2) is 58.9 Å². The van der Waals surface area contributed by atoms with Gasteiger partial charge in [-0.25, -0.2) is 14.5 Å². The number of hydrogen-bond donors (Lipinski definition) is 1. The minimum absolute atomic E-state index is 0.131. The Bertz CT molecular complexity index is 1390. The van der Waals surface area contributed by atoms with E-state index >= 15 is 0 Å². The third kappa shape index (κ3) is 3.89. The average molecular weight is 459 g/mol. The first kappa shape index (κ1) is 21.7. The van der Waals surface area contributed by atoms with Crippen LogP contribution in [-0.2, 0) is 25.4 Å². The zero-order chi connectivity index (χ0) is 23.5. The van der Waals surface area contributed by atoms with E-state index in [2.05, 4.69) is 60.9 Å². The molecule has 0 spiro atoms. The van der Waals surface area contributed by atoms with Crippen LogP contribution < -0.4 is 5.69 Å². The van der Waals surface area contributed by atoms with Crippen LogP contribution in [0.25, 0.3) is 17.3 Å². The summed E-state index contributed by atoms with van der Waals surface area (Å²) >= 11 is 0. The van der Waals surface area contributed by atoms with Gasteiger partial charge in [-0.05, 0) is 41.3 Å². The van der Waals surface area contributed by atoms with Crippen LogP contribution in [-0.4, -0.2) is 50.7 Å². The van der Waals surface area contributed by atoms with E-state index < -0.39 is 5.41 Å². The highest BCUT2D eigenvalue weighted by Gasteiger charge is 2.33. The van der Waals surface area contributed by atoms with Crippen molar-refractivity contribution in [2.45, 2.75) is 44.6 Å². The molecule has 4 heterocycles. The van der Waals surface area contributed by atoms with Gasteiger partial charge in [-0.15, -0.1) is 15.3 Å². The van der Waals surface area contributed by atoms with Crippen LogP contribution in [0.2, 0.25) is 0 Å². The molecule has 5 rings (SSSR count). The SMILES string of the molecule is CCCCc1cn(-c2nncn2C)c(=O)n1CC1(c2cccc(-c3nnn[nH]3)c2)C=CN=CC1. The summed E-state index contributed by atoms with van der Waals surface area (Å²) in [6, 6.07) is 8.10. The van der Waals surface area contributed by atoms with Gasteiger partial charge in [-0.1, -0.05) is 37.6 Å². The van der Waals surface area contributed by atoms with E-state index in [0.29, 0.717) is 24.7 Å². The number of aromatic nitrogens is 9. The molecule has 1 N–H and O–H groups in total. The quantitative estimate of drug-likeness (QED) is 0.432. The molecule has 0 fully saturated rings. The number of rotatable bonds is 8. The van der Waals surface area contributed by atoms with Gasteiger partial charge in [0.25, 0.3) is 0 Å². The zero-order valence-corrected chi connectivity index (χ0v) is 19.2. The number of benzene rings is 1. The fourth-order valence-electron chi connectivity index (χ4n) is 4.38. The summed E-state index contributed by atoms with van der Waals surface area (Å²) in [7, 11) is 1.83. The van der Waals surface area contributed by atoms with Crippen molar-refractivity contribution in [2.75, 3.05) is 0 Å². The average Bonchev–Trinajstić information content (AvgIpc) is 3.61. The Labute approximate surface area is 195 Å². The van der Waals surface area contributed by atoms with E-state index in [0.717, 1.165) is 36.1 Å². The summed E-state index contributed by atoms with van der Waals surface area (Å²) in [4.78, 5) is 18.0. The van der Waals surface area contributed by atoms with Gasteiger partial charge < -0.3 is 4.57 Å². The highest BCUT2D eigenvalue weighted by atomic mass is 16.2. The fourth-order valence-corrected chi connectivity index (χ4v) is 4.38.